The number of nitrogens with zero attached hydrogens (tertiary/aromatic N) is 3. The minimum Gasteiger partial charge on any atom is -0.484 e. The summed E-state index contributed by atoms with van der Waals surface area (Å²) in [5.41, 5.74) is 2.64. The molecule has 2 heterocycles. The Kier molecular flexibility index (Phi) is 3.98. The molecule has 1 aliphatic rings. The van der Waals surface area contributed by atoms with E-state index in [0.29, 0.717) is 18.8 Å². The number of hydrogen-bond acceptors (Lipinski definition) is 3. The SMILES string of the molecule is Cn1nccc1C(=O)N1Cc2ccccc2OC(c2ccccc2)C1. The maximum atomic E-state index is 13.0. The second-order valence-electron chi connectivity index (χ2n) is 6.15. The second-order valence-corrected chi connectivity index (χ2v) is 6.15. The van der Waals surface area contributed by atoms with Crippen LogP contribution in [0.5, 0.6) is 5.75 Å². The van der Waals surface area contributed by atoms with E-state index in [2.05, 4.69) is 5.10 Å². The molecule has 0 aliphatic carbocycles. The zero-order chi connectivity index (χ0) is 17.2. The molecule has 4 rings (SSSR count). The normalized spacial score (nSPS) is 16.7. The van der Waals surface area contributed by atoms with Gasteiger partial charge in [-0.3, -0.25) is 9.48 Å². The molecule has 0 radical (unpaired) electrons. The van der Waals surface area contributed by atoms with E-state index >= 15 is 0 Å². The number of aromatic nitrogens is 2. The Bertz CT molecular complexity index is 889. The minimum atomic E-state index is -0.206. The van der Waals surface area contributed by atoms with Crippen molar-refractivity contribution in [1.29, 1.82) is 0 Å². The van der Waals surface area contributed by atoms with E-state index in [1.165, 1.54) is 0 Å². The molecule has 1 unspecified atom stereocenters. The summed E-state index contributed by atoms with van der Waals surface area (Å²) in [7, 11) is 1.78. The molecule has 0 saturated carbocycles. The van der Waals surface area contributed by atoms with Gasteiger partial charge in [-0.15, -0.1) is 0 Å². The van der Waals surface area contributed by atoms with Gasteiger partial charge in [-0.05, 0) is 17.7 Å². The molecule has 0 saturated heterocycles. The number of benzene rings is 2. The van der Waals surface area contributed by atoms with E-state index in [0.717, 1.165) is 16.9 Å². The summed E-state index contributed by atoms with van der Waals surface area (Å²) in [5.74, 6) is 0.790. The Labute approximate surface area is 146 Å². The summed E-state index contributed by atoms with van der Waals surface area (Å²) in [6.45, 7) is 1.01. The van der Waals surface area contributed by atoms with Crippen LogP contribution in [0.3, 0.4) is 0 Å². The molecule has 0 bridgehead atoms. The molecule has 0 N–H and O–H groups in total. The fourth-order valence-corrected chi connectivity index (χ4v) is 3.15. The van der Waals surface area contributed by atoms with Gasteiger partial charge in [-0.1, -0.05) is 48.5 Å². The van der Waals surface area contributed by atoms with Gasteiger partial charge in [0.1, 0.15) is 17.5 Å². The Morgan fingerprint density at radius 1 is 1.08 bits per heavy atom. The van der Waals surface area contributed by atoms with Crippen LogP contribution in [0.1, 0.15) is 27.7 Å². The number of carbonyl (C=O) groups is 1. The van der Waals surface area contributed by atoms with Crippen molar-refractivity contribution >= 4 is 5.91 Å². The van der Waals surface area contributed by atoms with Crippen molar-refractivity contribution in [3.8, 4) is 5.75 Å². The molecule has 0 spiro atoms. The van der Waals surface area contributed by atoms with Gasteiger partial charge in [0.2, 0.25) is 0 Å². The topological polar surface area (TPSA) is 47.4 Å². The monoisotopic (exact) mass is 333 g/mol. The molecule has 5 heteroatoms. The largest absolute Gasteiger partial charge is 0.484 e. The summed E-state index contributed by atoms with van der Waals surface area (Å²) >= 11 is 0. The summed E-state index contributed by atoms with van der Waals surface area (Å²) in [4.78, 5) is 14.9. The molecule has 5 nitrogen and oxygen atoms in total. The number of rotatable bonds is 2. The van der Waals surface area contributed by atoms with Gasteiger partial charge < -0.3 is 9.64 Å². The molecule has 0 fully saturated rings. The van der Waals surface area contributed by atoms with Crippen LogP contribution in [-0.4, -0.2) is 27.1 Å². The third-order valence-corrected chi connectivity index (χ3v) is 4.49. The maximum absolute atomic E-state index is 13.0. The third-order valence-electron chi connectivity index (χ3n) is 4.49. The van der Waals surface area contributed by atoms with Gasteiger partial charge in [0.05, 0.1) is 6.54 Å². The maximum Gasteiger partial charge on any atom is 0.272 e. The zero-order valence-electron chi connectivity index (χ0n) is 14.0. The standard InChI is InChI=1S/C20H19N3O2/c1-22-17(11-12-21-22)20(24)23-13-16-9-5-6-10-18(16)25-19(14-23)15-7-3-2-4-8-15/h2-12,19H,13-14H2,1H3. The second kappa shape index (κ2) is 6.43. The first kappa shape index (κ1) is 15.4. The Balaban J connectivity index is 1.72. The first-order chi connectivity index (χ1) is 12.2. The van der Waals surface area contributed by atoms with E-state index in [-0.39, 0.29) is 12.0 Å². The number of hydrogen-bond donors (Lipinski definition) is 0. The third kappa shape index (κ3) is 3.01. The van der Waals surface area contributed by atoms with E-state index in [9.17, 15) is 4.79 Å². The quantitative estimate of drug-likeness (QED) is 0.723. The van der Waals surface area contributed by atoms with Crippen LogP contribution >= 0.6 is 0 Å². The summed E-state index contributed by atoms with van der Waals surface area (Å²) in [6, 6.07) is 19.7. The molecule has 1 amide bonds. The molecule has 1 aliphatic heterocycles. The smallest absolute Gasteiger partial charge is 0.272 e. The number of para-hydroxylation sites is 1. The summed E-state index contributed by atoms with van der Waals surface area (Å²) < 4.78 is 7.86. The predicted octanol–water partition coefficient (Wildman–Crippen LogP) is 3.20. The van der Waals surface area contributed by atoms with Crippen molar-refractivity contribution in [2.24, 2.45) is 7.05 Å². The predicted molar refractivity (Wildman–Crippen MR) is 94.2 cm³/mol. The first-order valence-electron chi connectivity index (χ1n) is 8.29. The van der Waals surface area contributed by atoms with Crippen molar-refractivity contribution < 1.29 is 9.53 Å². The van der Waals surface area contributed by atoms with Gasteiger partial charge >= 0.3 is 0 Å². The van der Waals surface area contributed by atoms with Gasteiger partial charge in [-0.25, -0.2) is 0 Å². The molecule has 3 aromatic rings. The fraction of sp³-hybridized carbons (Fsp3) is 0.200. The highest BCUT2D eigenvalue weighted by Gasteiger charge is 2.28. The van der Waals surface area contributed by atoms with E-state index < -0.39 is 0 Å². The number of ether oxygens (including phenoxy) is 1. The van der Waals surface area contributed by atoms with Crippen LogP contribution < -0.4 is 4.74 Å². The molecule has 25 heavy (non-hydrogen) atoms. The van der Waals surface area contributed by atoms with E-state index in [4.69, 9.17) is 4.74 Å². The average Bonchev–Trinajstić information content (AvgIpc) is 2.97. The zero-order valence-corrected chi connectivity index (χ0v) is 14.0. The first-order valence-corrected chi connectivity index (χ1v) is 8.29. The Hall–Kier alpha value is -3.08. The van der Waals surface area contributed by atoms with Gasteiger partial charge in [0.15, 0.2) is 0 Å². The lowest BCUT2D eigenvalue weighted by molar-refractivity contribution is 0.0666. The van der Waals surface area contributed by atoms with Crippen LogP contribution in [-0.2, 0) is 13.6 Å². The lowest BCUT2D eigenvalue weighted by atomic mass is 10.1. The molecular weight excluding hydrogens is 314 g/mol. The number of amides is 1. The lowest BCUT2D eigenvalue weighted by Gasteiger charge is -2.24. The molecular formula is C20H19N3O2. The van der Waals surface area contributed by atoms with Crippen LogP contribution in [0.15, 0.2) is 66.9 Å². The molecule has 2 aromatic carbocycles. The Morgan fingerprint density at radius 2 is 1.84 bits per heavy atom. The van der Waals surface area contributed by atoms with Crippen LogP contribution in [0.25, 0.3) is 0 Å². The number of carbonyl (C=O) groups excluding carboxylic acids is 1. The van der Waals surface area contributed by atoms with Crippen molar-refractivity contribution in [1.82, 2.24) is 14.7 Å². The molecule has 1 aromatic heterocycles. The summed E-state index contributed by atoms with van der Waals surface area (Å²) in [6.07, 6.45) is 1.44. The average molecular weight is 333 g/mol. The highest BCUT2D eigenvalue weighted by Crippen LogP contribution is 2.31. The number of fused-ring (bicyclic) bond motifs is 1. The molecule has 126 valence electrons. The highest BCUT2D eigenvalue weighted by atomic mass is 16.5. The molecule has 1 atom stereocenters. The minimum absolute atomic E-state index is 0.0405. The van der Waals surface area contributed by atoms with Gasteiger partial charge in [0, 0.05) is 25.4 Å². The number of aryl methyl sites for hydroxylation is 1. The fourth-order valence-electron chi connectivity index (χ4n) is 3.15. The van der Waals surface area contributed by atoms with Gasteiger partial charge in [0.25, 0.3) is 5.91 Å². The summed E-state index contributed by atoms with van der Waals surface area (Å²) in [5, 5.41) is 4.12. The van der Waals surface area contributed by atoms with Gasteiger partial charge in [-0.2, -0.15) is 5.10 Å². The van der Waals surface area contributed by atoms with Crippen LogP contribution in [0.2, 0.25) is 0 Å². The van der Waals surface area contributed by atoms with Crippen LogP contribution in [0, 0.1) is 0 Å². The van der Waals surface area contributed by atoms with Crippen molar-refractivity contribution in [2.45, 2.75) is 12.6 Å². The van der Waals surface area contributed by atoms with Crippen molar-refractivity contribution in [3.63, 3.8) is 0 Å². The van der Waals surface area contributed by atoms with E-state index in [1.807, 2.05) is 59.5 Å². The van der Waals surface area contributed by atoms with Crippen molar-refractivity contribution in [2.75, 3.05) is 6.54 Å². The highest BCUT2D eigenvalue weighted by molar-refractivity contribution is 5.92. The van der Waals surface area contributed by atoms with Crippen molar-refractivity contribution in [3.05, 3.63) is 83.7 Å². The van der Waals surface area contributed by atoms with Crippen LogP contribution in [0.4, 0.5) is 0 Å². The Morgan fingerprint density at radius 3 is 2.60 bits per heavy atom. The van der Waals surface area contributed by atoms with E-state index in [1.54, 1.807) is 24.0 Å². The lowest BCUT2D eigenvalue weighted by Crippen LogP contribution is -2.35.